The molecule has 0 unspecified atom stereocenters. The van der Waals surface area contributed by atoms with Gasteiger partial charge in [0.25, 0.3) is 0 Å². The molecule has 0 saturated carbocycles. The van der Waals surface area contributed by atoms with E-state index >= 15 is 0 Å². The normalized spacial score (nSPS) is 18.8. The van der Waals surface area contributed by atoms with Gasteiger partial charge in [0, 0.05) is 18.5 Å². The molecule has 1 aliphatic rings. The van der Waals surface area contributed by atoms with Crippen LogP contribution in [0.1, 0.15) is 47.5 Å². The fourth-order valence-corrected chi connectivity index (χ4v) is 2.50. The highest BCUT2D eigenvalue weighted by atomic mass is 16.6. The van der Waals surface area contributed by atoms with E-state index in [-0.39, 0.29) is 11.5 Å². The van der Waals surface area contributed by atoms with E-state index in [4.69, 9.17) is 9.47 Å². The molecule has 0 aliphatic carbocycles. The van der Waals surface area contributed by atoms with E-state index in [2.05, 4.69) is 13.8 Å². The summed E-state index contributed by atoms with van der Waals surface area (Å²) in [5.41, 5.74) is -0.534. The van der Waals surface area contributed by atoms with Gasteiger partial charge in [0.05, 0.1) is 7.11 Å². The van der Waals surface area contributed by atoms with E-state index in [1.807, 2.05) is 26.8 Å². The largest absolute Gasteiger partial charge is 0.501 e. The van der Waals surface area contributed by atoms with Crippen LogP contribution in [0, 0.1) is 5.41 Å². The van der Waals surface area contributed by atoms with Gasteiger partial charge in [-0.25, -0.2) is 4.79 Å². The summed E-state index contributed by atoms with van der Waals surface area (Å²) in [6.45, 7) is 11.1. The molecule has 0 saturated heterocycles. The Balaban J connectivity index is 2.87. The van der Waals surface area contributed by atoms with Crippen molar-refractivity contribution in [3.8, 4) is 0 Å². The minimum absolute atomic E-state index is 0.0795. The number of hydrogen-bond acceptors (Lipinski definition) is 3. The summed E-state index contributed by atoms with van der Waals surface area (Å²) in [5, 5.41) is 0. The number of nitrogens with zero attached hydrogens (tertiary/aromatic N) is 1. The molecule has 110 valence electrons. The molecule has 1 heterocycles. The Morgan fingerprint density at radius 1 is 1.37 bits per heavy atom. The molecule has 0 atom stereocenters. The lowest BCUT2D eigenvalue weighted by Crippen LogP contribution is -2.47. The molecule has 0 aromatic carbocycles. The summed E-state index contributed by atoms with van der Waals surface area (Å²) in [7, 11) is 1.70. The van der Waals surface area contributed by atoms with Crippen LogP contribution in [0.3, 0.4) is 0 Å². The van der Waals surface area contributed by atoms with Gasteiger partial charge in [0.2, 0.25) is 0 Å². The van der Waals surface area contributed by atoms with Crippen LogP contribution in [-0.2, 0) is 9.47 Å². The third-order valence-corrected chi connectivity index (χ3v) is 3.74. The molecule has 0 aromatic rings. The fourth-order valence-electron chi connectivity index (χ4n) is 2.50. The molecule has 1 rings (SSSR count). The van der Waals surface area contributed by atoms with Crippen molar-refractivity contribution in [2.75, 3.05) is 20.2 Å². The van der Waals surface area contributed by atoms with E-state index in [0.29, 0.717) is 13.1 Å². The predicted molar refractivity (Wildman–Crippen MR) is 75.9 cm³/mol. The summed E-state index contributed by atoms with van der Waals surface area (Å²) in [6.07, 6.45) is 3.65. The number of methoxy groups -OCH3 is 1. The first-order valence-corrected chi connectivity index (χ1v) is 7.00. The number of carbonyl (C=O) groups is 1. The van der Waals surface area contributed by atoms with E-state index in [1.165, 1.54) is 0 Å². The highest BCUT2D eigenvalue weighted by molar-refractivity contribution is 5.68. The van der Waals surface area contributed by atoms with Crippen LogP contribution in [0.2, 0.25) is 0 Å². The van der Waals surface area contributed by atoms with Gasteiger partial charge in [0.1, 0.15) is 11.4 Å². The second-order valence-corrected chi connectivity index (χ2v) is 6.12. The molecule has 19 heavy (non-hydrogen) atoms. The summed E-state index contributed by atoms with van der Waals surface area (Å²) in [6, 6.07) is 0. The lowest BCUT2D eigenvalue weighted by Gasteiger charge is -2.41. The fraction of sp³-hybridized carbons (Fsp3) is 0.800. The standard InChI is InChI=1S/C15H27NO3/c1-7-15(8-2)11-16(10-9-12(15)18-6)13(17)19-14(3,4)5/h9H,7-8,10-11H2,1-6H3. The maximum Gasteiger partial charge on any atom is 0.410 e. The molecule has 0 N–H and O–H groups in total. The maximum atomic E-state index is 12.2. The van der Waals surface area contributed by atoms with Crippen LogP contribution < -0.4 is 0 Å². The van der Waals surface area contributed by atoms with E-state index in [0.717, 1.165) is 18.6 Å². The molecule has 0 spiro atoms. The Bertz CT molecular complexity index is 351. The quantitative estimate of drug-likeness (QED) is 0.786. The van der Waals surface area contributed by atoms with Crippen molar-refractivity contribution in [2.45, 2.75) is 53.1 Å². The Morgan fingerprint density at radius 3 is 2.37 bits per heavy atom. The Morgan fingerprint density at radius 2 is 1.95 bits per heavy atom. The molecule has 0 bridgehead atoms. The summed E-state index contributed by atoms with van der Waals surface area (Å²) in [4.78, 5) is 13.9. The third kappa shape index (κ3) is 3.64. The monoisotopic (exact) mass is 269 g/mol. The second kappa shape index (κ2) is 5.85. The van der Waals surface area contributed by atoms with Gasteiger partial charge in [-0.2, -0.15) is 0 Å². The molecule has 0 radical (unpaired) electrons. The maximum absolute atomic E-state index is 12.2. The van der Waals surface area contributed by atoms with Gasteiger partial charge in [-0.15, -0.1) is 0 Å². The minimum atomic E-state index is -0.455. The Labute approximate surface area is 116 Å². The zero-order valence-corrected chi connectivity index (χ0v) is 13.1. The average molecular weight is 269 g/mol. The van der Waals surface area contributed by atoms with Crippen LogP contribution in [-0.4, -0.2) is 36.8 Å². The van der Waals surface area contributed by atoms with Crippen LogP contribution in [0.25, 0.3) is 0 Å². The molecule has 0 aromatic heterocycles. The molecule has 4 nitrogen and oxygen atoms in total. The molecule has 0 fully saturated rings. The van der Waals surface area contributed by atoms with Crippen LogP contribution in [0.15, 0.2) is 11.8 Å². The summed E-state index contributed by atoms with van der Waals surface area (Å²) < 4.78 is 10.9. The Hall–Kier alpha value is -1.19. The zero-order chi connectivity index (χ0) is 14.7. The number of hydrogen-bond donors (Lipinski definition) is 0. The predicted octanol–water partition coefficient (Wildman–Crippen LogP) is 3.57. The molecule has 1 amide bonds. The van der Waals surface area contributed by atoms with Crippen molar-refractivity contribution in [1.82, 2.24) is 4.90 Å². The first kappa shape index (κ1) is 15.9. The third-order valence-electron chi connectivity index (χ3n) is 3.74. The van der Waals surface area contributed by atoms with Gasteiger partial charge in [-0.05, 0) is 39.7 Å². The van der Waals surface area contributed by atoms with Crippen molar-refractivity contribution in [3.05, 3.63) is 11.8 Å². The highest BCUT2D eigenvalue weighted by Crippen LogP contribution is 2.39. The smallest absolute Gasteiger partial charge is 0.410 e. The van der Waals surface area contributed by atoms with Gasteiger partial charge in [-0.1, -0.05) is 13.8 Å². The first-order chi connectivity index (χ1) is 8.78. The topological polar surface area (TPSA) is 38.8 Å². The number of ether oxygens (including phenoxy) is 2. The van der Waals surface area contributed by atoms with Crippen LogP contribution in [0.4, 0.5) is 4.79 Å². The average Bonchev–Trinajstić information content (AvgIpc) is 2.35. The molecule has 1 aliphatic heterocycles. The van der Waals surface area contributed by atoms with Crippen molar-refractivity contribution >= 4 is 6.09 Å². The van der Waals surface area contributed by atoms with E-state index < -0.39 is 5.60 Å². The van der Waals surface area contributed by atoms with Crippen molar-refractivity contribution in [2.24, 2.45) is 5.41 Å². The lowest BCUT2D eigenvalue weighted by atomic mass is 9.78. The van der Waals surface area contributed by atoms with Crippen LogP contribution >= 0.6 is 0 Å². The molecule has 4 heteroatoms. The minimum Gasteiger partial charge on any atom is -0.501 e. The zero-order valence-electron chi connectivity index (χ0n) is 13.1. The van der Waals surface area contributed by atoms with Crippen LogP contribution in [0.5, 0.6) is 0 Å². The second-order valence-electron chi connectivity index (χ2n) is 6.12. The Kier molecular flexibility index (Phi) is 4.88. The first-order valence-electron chi connectivity index (χ1n) is 7.00. The number of carbonyl (C=O) groups excluding carboxylic acids is 1. The number of amides is 1. The van der Waals surface area contributed by atoms with Crippen molar-refractivity contribution in [1.29, 1.82) is 0 Å². The lowest BCUT2D eigenvalue weighted by molar-refractivity contribution is 0.0105. The van der Waals surface area contributed by atoms with Gasteiger partial charge in [0.15, 0.2) is 0 Å². The van der Waals surface area contributed by atoms with Gasteiger partial charge < -0.3 is 14.4 Å². The molecular formula is C15H27NO3. The SMILES string of the molecule is CCC1(CC)CN(C(=O)OC(C)(C)C)CC=C1OC. The summed E-state index contributed by atoms with van der Waals surface area (Å²) >= 11 is 0. The van der Waals surface area contributed by atoms with Crippen molar-refractivity contribution in [3.63, 3.8) is 0 Å². The van der Waals surface area contributed by atoms with Gasteiger partial charge in [-0.3, -0.25) is 0 Å². The van der Waals surface area contributed by atoms with E-state index in [1.54, 1.807) is 12.0 Å². The summed E-state index contributed by atoms with van der Waals surface area (Å²) in [5.74, 6) is 0.998. The number of rotatable bonds is 3. The van der Waals surface area contributed by atoms with E-state index in [9.17, 15) is 4.79 Å². The van der Waals surface area contributed by atoms with Gasteiger partial charge >= 0.3 is 6.09 Å². The molecular weight excluding hydrogens is 242 g/mol. The highest BCUT2D eigenvalue weighted by Gasteiger charge is 2.39. The van der Waals surface area contributed by atoms with Crippen molar-refractivity contribution < 1.29 is 14.3 Å².